The smallest absolute Gasteiger partial charge is 0.325 e. The van der Waals surface area contributed by atoms with Gasteiger partial charge in [-0.25, -0.2) is 4.39 Å². The van der Waals surface area contributed by atoms with Gasteiger partial charge in [0.1, 0.15) is 23.7 Å². The third kappa shape index (κ3) is 6.03. The maximum Gasteiger partial charge on any atom is 0.325 e. The van der Waals surface area contributed by atoms with Crippen LogP contribution in [0.1, 0.15) is 42.9 Å². The first-order valence-corrected chi connectivity index (χ1v) is 12.6. The summed E-state index contributed by atoms with van der Waals surface area (Å²) in [5.74, 6) is 0.00327. The molecule has 2 heterocycles. The lowest BCUT2D eigenvalue weighted by Gasteiger charge is -2.39. The Morgan fingerprint density at radius 1 is 1.06 bits per heavy atom. The third-order valence-electron chi connectivity index (χ3n) is 7.06. The number of piperidine rings is 2. The van der Waals surface area contributed by atoms with Crippen molar-refractivity contribution >= 4 is 29.2 Å². The molecule has 1 atom stereocenters. The minimum absolute atomic E-state index is 0.142. The summed E-state index contributed by atoms with van der Waals surface area (Å²) in [7, 11) is 0. The lowest BCUT2D eigenvalue weighted by atomic mass is 9.93. The van der Waals surface area contributed by atoms with Crippen molar-refractivity contribution in [1.82, 2.24) is 9.80 Å². The first kappa shape index (κ1) is 25.2. The molecule has 184 valence electrons. The van der Waals surface area contributed by atoms with Crippen LogP contribution in [0.25, 0.3) is 0 Å². The largest absolute Gasteiger partial charge is 0.489 e. The summed E-state index contributed by atoms with van der Waals surface area (Å²) in [5, 5.41) is 11.0. The van der Waals surface area contributed by atoms with Gasteiger partial charge in [0.05, 0.1) is 5.02 Å². The number of carbonyl (C=O) groups is 1. The summed E-state index contributed by atoms with van der Waals surface area (Å²) in [6.45, 7) is 6.32. The number of rotatable bonds is 7. The monoisotopic (exact) mass is 508 g/mol. The van der Waals surface area contributed by atoms with Crippen molar-refractivity contribution in [3.63, 3.8) is 0 Å². The first-order valence-electron chi connectivity index (χ1n) is 11.9. The van der Waals surface area contributed by atoms with Crippen molar-refractivity contribution < 1.29 is 19.0 Å². The van der Waals surface area contributed by atoms with E-state index in [1.165, 1.54) is 12.1 Å². The van der Waals surface area contributed by atoms with Crippen LogP contribution in [0.4, 0.5) is 4.39 Å². The van der Waals surface area contributed by atoms with Crippen LogP contribution in [0.5, 0.6) is 5.75 Å². The zero-order valence-electron chi connectivity index (χ0n) is 19.4. The predicted molar refractivity (Wildman–Crippen MR) is 132 cm³/mol. The topological polar surface area (TPSA) is 53.0 Å². The van der Waals surface area contributed by atoms with Crippen LogP contribution in [0.3, 0.4) is 0 Å². The molecule has 5 nitrogen and oxygen atoms in total. The zero-order chi connectivity index (χ0) is 24.2. The van der Waals surface area contributed by atoms with E-state index in [1.807, 2.05) is 24.0 Å². The summed E-state index contributed by atoms with van der Waals surface area (Å²) in [6, 6.07) is 8.74. The van der Waals surface area contributed by atoms with Crippen molar-refractivity contribution in [3.8, 4) is 5.75 Å². The molecule has 34 heavy (non-hydrogen) atoms. The van der Waals surface area contributed by atoms with Gasteiger partial charge in [0, 0.05) is 24.7 Å². The molecule has 2 saturated heterocycles. The fourth-order valence-electron chi connectivity index (χ4n) is 5.03. The summed E-state index contributed by atoms with van der Waals surface area (Å²) >= 11 is 12.5. The molecule has 2 aliphatic heterocycles. The average Bonchev–Trinajstić information content (AvgIpc) is 2.83. The molecule has 8 heteroatoms. The molecule has 0 aliphatic carbocycles. The number of hydrogen-bond acceptors (Lipinski definition) is 4. The quantitative estimate of drug-likeness (QED) is 0.510. The van der Waals surface area contributed by atoms with Crippen LogP contribution in [-0.4, -0.2) is 59.7 Å². The Morgan fingerprint density at radius 3 is 2.32 bits per heavy atom. The van der Waals surface area contributed by atoms with Crippen molar-refractivity contribution in [3.05, 3.63) is 63.4 Å². The molecule has 0 amide bonds. The lowest BCUT2D eigenvalue weighted by Crippen LogP contribution is -2.45. The third-order valence-corrected chi connectivity index (χ3v) is 7.94. The SMILES string of the molecule is Cc1c(Cl)ccc(OC2CCN(CC3CCN(C(C(=O)O)c4ccc(F)cc4)CC3)CC2)c1Cl. The number of halogens is 3. The van der Waals surface area contributed by atoms with Crippen molar-refractivity contribution in [2.75, 3.05) is 32.7 Å². The van der Waals surface area contributed by atoms with Crippen LogP contribution in [-0.2, 0) is 4.79 Å². The van der Waals surface area contributed by atoms with Crippen LogP contribution >= 0.6 is 23.2 Å². The highest BCUT2D eigenvalue weighted by Gasteiger charge is 2.32. The summed E-state index contributed by atoms with van der Waals surface area (Å²) in [6.07, 6.45) is 3.95. The number of carboxylic acid groups (broad SMARTS) is 1. The molecular formula is C26H31Cl2FN2O3. The minimum atomic E-state index is -0.886. The van der Waals surface area contributed by atoms with E-state index in [4.69, 9.17) is 27.9 Å². The molecule has 0 spiro atoms. The normalized spacial score (nSPS) is 19.8. The molecule has 2 aromatic rings. The van der Waals surface area contributed by atoms with Gasteiger partial charge in [-0.1, -0.05) is 35.3 Å². The molecule has 4 rings (SSSR count). The fourth-order valence-corrected chi connectivity index (χ4v) is 5.45. The maximum atomic E-state index is 13.3. The molecule has 0 saturated carbocycles. The van der Waals surface area contributed by atoms with Crippen molar-refractivity contribution in [2.45, 2.75) is 44.8 Å². The molecule has 1 N–H and O–H groups in total. The molecule has 2 aliphatic rings. The number of hydrogen-bond donors (Lipinski definition) is 1. The zero-order valence-corrected chi connectivity index (χ0v) is 20.9. The first-order chi connectivity index (χ1) is 16.3. The predicted octanol–water partition coefficient (Wildman–Crippen LogP) is 5.82. The fraction of sp³-hybridized carbons (Fsp3) is 0.500. The molecule has 2 fully saturated rings. The second kappa shape index (κ2) is 11.3. The van der Waals surface area contributed by atoms with Crippen LogP contribution in [0.15, 0.2) is 36.4 Å². The van der Waals surface area contributed by atoms with E-state index in [0.29, 0.717) is 27.3 Å². The van der Waals surface area contributed by atoms with E-state index in [-0.39, 0.29) is 11.9 Å². The molecule has 1 unspecified atom stereocenters. The van der Waals surface area contributed by atoms with Crippen molar-refractivity contribution in [1.29, 1.82) is 0 Å². The Morgan fingerprint density at radius 2 is 1.71 bits per heavy atom. The van der Waals surface area contributed by atoms with E-state index in [1.54, 1.807) is 12.1 Å². The van der Waals surface area contributed by atoms with Crippen LogP contribution in [0.2, 0.25) is 10.0 Å². The van der Waals surface area contributed by atoms with Crippen LogP contribution < -0.4 is 4.74 Å². The van der Waals surface area contributed by atoms with E-state index in [0.717, 1.165) is 64.0 Å². The summed E-state index contributed by atoms with van der Waals surface area (Å²) in [5.41, 5.74) is 1.47. The van der Waals surface area contributed by atoms with Gasteiger partial charge in [-0.05, 0) is 87.0 Å². The maximum absolute atomic E-state index is 13.3. The van der Waals surface area contributed by atoms with E-state index < -0.39 is 12.0 Å². The Balaban J connectivity index is 1.24. The van der Waals surface area contributed by atoms with E-state index in [9.17, 15) is 14.3 Å². The van der Waals surface area contributed by atoms with Gasteiger partial charge in [-0.3, -0.25) is 9.69 Å². The minimum Gasteiger partial charge on any atom is -0.489 e. The highest BCUT2D eigenvalue weighted by molar-refractivity contribution is 6.36. The van der Waals surface area contributed by atoms with Gasteiger partial charge >= 0.3 is 5.97 Å². The van der Waals surface area contributed by atoms with E-state index in [2.05, 4.69) is 4.90 Å². The summed E-state index contributed by atoms with van der Waals surface area (Å²) in [4.78, 5) is 16.4. The van der Waals surface area contributed by atoms with Gasteiger partial charge in [-0.15, -0.1) is 0 Å². The highest BCUT2D eigenvalue weighted by Crippen LogP contribution is 2.34. The standard InChI is InChI=1S/C26H31Cl2FN2O3/c1-17-22(27)6-7-23(24(17)28)34-21-10-12-30(13-11-21)16-18-8-14-31(15-9-18)25(26(32)33)19-2-4-20(29)5-3-19/h2-7,18,21,25H,8-16H2,1H3,(H,32,33). The van der Waals surface area contributed by atoms with Crippen molar-refractivity contribution in [2.24, 2.45) is 5.92 Å². The molecular weight excluding hydrogens is 478 g/mol. The molecule has 2 aromatic carbocycles. The Kier molecular flexibility index (Phi) is 8.35. The second-order valence-electron chi connectivity index (χ2n) is 9.37. The van der Waals surface area contributed by atoms with Gasteiger partial charge in [-0.2, -0.15) is 0 Å². The number of carboxylic acids is 1. The van der Waals surface area contributed by atoms with Gasteiger partial charge < -0.3 is 14.7 Å². The molecule has 0 aromatic heterocycles. The highest BCUT2D eigenvalue weighted by atomic mass is 35.5. The van der Waals surface area contributed by atoms with Gasteiger partial charge in [0.25, 0.3) is 0 Å². The average molecular weight is 509 g/mol. The molecule has 0 bridgehead atoms. The Bertz CT molecular complexity index is 988. The Labute approximate surface area is 210 Å². The number of ether oxygens (including phenoxy) is 1. The Hall–Kier alpha value is -1.86. The number of aliphatic carboxylic acids is 1. The van der Waals surface area contributed by atoms with Crippen LogP contribution in [0, 0.1) is 18.7 Å². The second-order valence-corrected chi connectivity index (χ2v) is 10.2. The number of benzene rings is 2. The number of nitrogens with zero attached hydrogens (tertiary/aromatic N) is 2. The number of likely N-dealkylation sites (tertiary alicyclic amines) is 2. The lowest BCUT2D eigenvalue weighted by molar-refractivity contribution is -0.144. The van der Waals surface area contributed by atoms with Gasteiger partial charge in [0.15, 0.2) is 0 Å². The summed E-state index contributed by atoms with van der Waals surface area (Å²) < 4.78 is 19.4. The molecule has 0 radical (unpaired) electrons. The van der Waals surface area contributed by atoms with E-state index >= 15 is 0 Å². The van der Waals surface area contributed by atoms with Gasteiger partial charge in [0.2, 0.25) is 0 Å².